The standard InChI is InChI=1S/C16H18N4O4/c1-9-5-6-12(16(23)24)20(9)13(22)8-19-15-11(4-3-7-17-15)14(18-19)10(2)21/h3-4,7,9,12H,5-6,8H2,1-2H3,(H,23,24)/t9-,12?/m1/s1. The highest BCUT2D eigenvalue weighted by Gasteiger charge is 2.38. The number of Topliss-reactive ketones (excluding diaryl/α,β-unsaturated/α-hetero) is 1. The average Bonchev–Trinajstić information content (AvgIpc) is 3.09. The Hall–Kier alpha value is -2.77. The first-order valence-electron chi connectivity index (χ1n) is 7.76. The van der Waals surface area contributed by atoms with E-state index in [0.29, 0.717) is 23.9 Å². The summed E-state index contributed by atoms with van der Waals surface area (Å²) in [5, 5.41) is 14.1. The Morgan fingerprint density at radius 1 is 1.33 bits per heavy atom. The highest BCUT2D eigenvalue weighted by atomic mass is 16.4. The number of hydrogen-bond donors (Lipinski definition) is 1. The molecule has 0 saturated carbocycles. The minimum Gasteiger partial charge on any atom is -0.480 e. The molecule has 1 unspecified atom stereocenters. The number of amides is 1. The molecule has 0 aromatic carbocycles. The first-order chi connectivity index (χ1) is 11.4. The van der Waals surface area contributed by atoms with E-state index in [1.807, 2.05) is 6.92 Å². The first-order valence-corrected chi connectivity index (χ1v) is 7.76. The van der Waals surface area contributed by atoms with Crippen molar-refractivity contribution >= 4 is 28.7 Å². The van der Waals surface area contributed by atoms with Gasteiger partial charge in [0.25, 0.3) is 0 Å². The lowest BCUT2D eigenvalue weighted by Crippen LogP contribution is -2.45. The summed E-state index contributed by atoms with van der Waals surface area (Å²) in [6.45, 7) is 3.10. The molecule has 0 radical (unpaired) electrons. The Morgan fingerprint density at radius 3 is 2.75 bits per heavy atom. The minimum absolute atomic E-state index is 0.138. The molecule has 2 atom stereocenters. The molecule has 1 fully saturated rings. The number of carboxylic acid groups (broad SMARTS) is 1. The van der Waals surface area contributed by atoms with Crippen LogP contribution in [-0.4, -0.2) is 54.5 Å². The van der Waals surface area contributed by atoms with Gasteiger partial charge in [-0.3, -0.25) is 9.59 Å². The molecule has 1 aliphatic heterocycles. The summed E-state index contributed by atoms with van der Waals surface area (Å²) >= 11 is 0. The van der Waals surface area contributed by atoms with Gasteiger partial charge in [0.1, 0.15) is 18.3 Å². The average molecular weight is 330 g/mol. The Kier molecular flexibility index (Phi) is 4.04. The maximum Gasteiger partial charge on any atom is 0.326 e. The van der Waals surface area contributed by atoms with Gasteiger partial charge in [-0.1, -0.05) is 0 Å². The van der Waals surface area contributed by atoms with E-state index in [0.717, 1.165) is 0 Å². The van der Waals surface area contributed by atoms with Crippen molar-refractivity contribution in [3.8, 4) is 0 Å². The second kappa shape index (κ2) is 6.03. The minimum atomic E-state index is -0.999. The van der Waals surface area contributed by atoms with Gasteiger partial charge in [0, 0.05) is 19.2 Å². The van der Waals surface area contributed by atoms with Gasteiger partial charge < -0.3 is 10.0 Å². The fourth-order valence-electron chi connectivity index (χ4n) is 3.24. The molecule has 8 heteroatoms. The Morgan fingerprint density at radius 2 is 2.08 bits per heavy atom. The molecule has 1 aliphatic rings. The van der Waals surface area contributed by atoms with Gasteiger partial charge >= 0.3 is 5.97 Å². The van der Waals surface area contributed by atoms with E-state index < -0.39 is 12.0 Å². The number of carboxylic acids is 1. The number of aliphatic carboxylic acids is 1. The van der Waals surface area contributed by atoms with Gasteiger partial charge in [-0.15, -0.1) is 0 Å². The molecular weight excluding hydrogens is 312 g/mol. The lowest BCUT2D eigenvalue weighted by Gasteiger charge is -2.26. The van der Waals surface area contributed by atoms with Crippen molar-refractivity contribution in [2.24, 2.45) is 0 Å². The summed E-state index contributed by atoms with van der Waals surface area (Å²) in [4.78, 5) is 41.3. The predicted octanol–water partition coefficient (Wildman–Crippen LogP) is 1.10. The van der Waals surface area contributed by atoms with Crippen LogP contribution >= 0.6 is 0 Å². The second-order valence-corrected chi connectivity index (χ2v) is 6.02. The topological polar surface area (TPSA) is 105 Å². The normalized spacial score (nSPS) is 20.5. The molecule has 126 valence electrons. The maximum absolute atomic E-state index is 12.7. The molecular formula is C16H18N4O4. The number of ketones is 1. The summed E-state index contributed by atoms with van der Waals surface area (Å²) in [6, 6.07) is 2.48. The summed E-state index contributed by atoms with van der Waals surface area (Å²) in [5.74, 6) is -1.55. The SMILES string of the molecule is CC(=O)c1nn(CC(=O)N2C(C(=O)O)CC[C@H]2C)c2ncccc12. The van der Waals surface area contributed by atoms with Crippen LogP contribution in [0.15, 0.2) is 18.3 Å². The third-order valence-electron chi connectivity index (χ3n) is 4.37. The fraction of sp³-hybridized carbons (Fsp3) is 0.438. The zero-order valence-electron chi connectivity index (χ0n) is 13.5. The molecule has 2 aromatic heterocycles. The highest BCUT2D eigenvalue weighted by Crippen LogP contribution is 2.25. The van der Waals surface area contributed by atoms with E-state index in [1.54, 1.807) is 18.3 Å². The largest absolute Gasteiger partial charge is 0.480 e. The zero-order valence-corrected chi connectivity index (χ0v) is 13.5. The lowest BCUT2D eigenvalue weighted by atomic mass is 10.2. The maximum atomic E-state index is 12.7. The van der Waals surface area contributed by atoms with E-state index in [1.165, 1.54) is 16.5 Å². The number of pyridine rings is 1. The van der Waals surface area contributed by atoms with Crippen LogP contribution in [0.1, 0.15) is 37.2 Å². The van der Waals surface area contributed by atoms with Gasteiger partial charge in [0.2, 0.25) is 5.91 Å². The van der Waals surface area contributed by atoms with Crippen LogP contribution in [0.4, 0.5) is 0 Å². The van der Waals surface area contributed by atoms with Crippen molar-refractivity contribution in [2.75, 3.05) is 0 Å². The van der Waals surface area contributed by atoms with Crippen molar-refractivity contribution in [3.05, 3.63) is 24.0 Å². The molecule has 0 spiro atoms. The quantitative estimate of drug-likeness (QED) is 0.842. The van der Waals surface area contributed by atoms with Gasteiger partial charge in [0.05, 0.1) is 5.39 Å². The summed E-state index contributed by atoms with van der Waals surface area (Å²) in [6.07, 6.45) is 2.66. The first kappa shape index (κ1) is 16.1. The summed E-state index contributed by atoms with van der Waals surface area (Å²) < 4.78 is 1.37. The van der Waals surface area contributed by atoms with Gasteiger partial charge in [-0.05, 0) is 31.9 Å². The van der Waals surface area contributed by atoms with E-state index in [2.05, 4.69) is 10.1 Å². The summed E-state index contributed by atoms with van der Waals surface area (Å²) in [7, 11) is 0. The van der Waals surface area contributed by atoms with E-state index in [4.69, 9.17) is 0 Å². The monoisotopic (exact) mass is 330 g/mol. The molecule has 24 heavy (non-hydrogen) atoms. The Bertz CT molecular complexity index is 829. The molecule has 8 nitrogen and oxygen atoms in total. The predicted molar refractivity (Wildman–Crippen MR) is 84.5 cm³/mol. The number of fused-ring (bicyclic) bond motifs is 1. The molecule has 0 aliphatic carbocycles. The van der Waals surface area contributed by atoms with Crippen LogP contribution in [0, 0.1) is 0 Å². The van der Waals surface area contributed by atoms with Crippen LogP contribution in [0.2, 0.25) is 0 Å². The highest BCUT2D eigenvalue weighted by molar-refractivity contribution is 6.04. The van der Waals surface area contributed by atoms with Crippen molar-refractivity contribution in [1.29, 1.82) is 0 Å². The van der Waals surface area contributed by atoms with Gasteiger partial charge in [-0.2, -0.15) is 5.10 Å². The number of nitrogens with zero attached hydrogens (tertiary/aromatic N) is 4. The van der Waals surface area contributed by atoms with Crippen LogP contribution < -0.4 is 0 Å². The number of rotatable bonds is 4. The van der Waals surface area contributed by atoms with Crippen LogP contribution in [0.5, 0.6) is 0 Å². The second-order valence-electron chi connectivity index (χ2n) is 6.02. The number of carbonyl (C=O) groups is 3. The Balaban J connectivity index is 1.94. The molecule has 0 bridgehead atoms. The molecule has 3 heterocycles. The lowest BCUT2D eigenvalue weighted by molar-refractivity contribution is -0.149. The van der Waals surface area contributed by atoms with Crippen molar-refractivity contribution in [2.45, 2.75) is 45.3 Å². The summed E-state index contributed by atoms with van der Waals surface area (Å²) in [5.41, 5.74) is 0.699. The van der Waals surface area contributed by atoms with Gasteiger partial charge in [0.15, 0.2) is 11.4 Å². The molecule has 2 aromatic rings. The molecule has 1 saturated heterocycles. The third kappa shape index (κ3) is 2.64. The number of aromatic nitrogens is 3. The molecule has 1 amide bonds. The molecule has 1 N–H and O–H groups in total. The van der Waals surface area contributed by atoms with Crippen molar-refractivity contribution in [1.82, 2.24) is 19.7 Å². The number of carbonyl (C=O) groups excluding carboxylic acids is 2. The van der Waals surface area contributed by atoms with Crippen LogP contribution in [-0.2, 0) is 16.1 Å². The van der Waals surface area contributed by atoms with E-state index in [9.17, 15) is 19.5 Å². The van der Waals surface area contributed by atoms with Crippen LogP contribution in [0.25, 0.3) is 11.0 Å². The number of hydrogen-bond acceptors (Lipinski definition) is 5. The van der Waals surface area contributed by atoms with Crippen molar-refractivity contribution < 1.29 is 19.5 Å². The third-order valence-corrected chi connectivity index (χ3v) is 4.37. The Labute approximate surface area is 138 Å². The van der Waals surface area contributed by atoms with Crippen molar-refractivity contribution in [3.63, 3.8) is 0 Å². The zero-order chi connectivity index (χ0) is 17.4. The number of likely N-dealkylation sites (tertiary alicyclic amines) is 1. The van der Waals surface area contributed by atoms with E-state index >= 15 is 0 Å². The fourth-order valence-corrected chi connectivity index (χ4v) is 3.24. The smallest absolute Gasteiger partial charge is 0.326 e. The van der Waals surface area contributed by atoms with Crippen LogP contribution in [0.3, 0.4) is 0 Å². The van der Waals surface area contributed by atoms with E-state index in [-0.39, 0.29) is 30.0 Å². The molecule has 3 rings (SSSR count). The van der Waals surface area contributed by atoms with Gasteiger partial charge in [-0.25, -0.2) is 14.5 Å².